The topological polar surface area (TPSA) is 15.3 Å². The van der Waals surface area contributed by atoms with Crippen molar-refractivity contribution in [2.75, 3.05) is 19.6 Å². The van der Waals surface area contributed by atoms with Gasteiger partial charge in [-0.25, -0.2) is 0 Å². The highest BCUT2D eigenvalue weighted by Gasteiger charge is 2.27. The van der Waals surface area contributed by atoms with Gasteiger partial charge in [0.05, 0.1) is 0 Å². The molecule has 1 saturated heterocycles. The summed E-state index contributed by atoms with van der Waals surface area (Å²) in [5, 5.41) is 3.51. The Morgan fingerprint density at radius 1 is 1.19 bits per heavy atom. The van der Waals surface area contributed by atoms with Crippen LogP contribution in [0.2, 0.25) is 0 Å². The summed E-state index contributed by atoms with van der Waals surface area (Å²) in [6, 6.07) is 1.36. The second kappa shape index (κ2) is 6.61. The van der Waals surface area contributed by atoms with Crippen LogP contribution in [0.5, 0.6) is 0 Å². The van der Waals surface area contributed by atoms with Crippen LogP contribution in [0.3, 0.4) is 0 Å². The van der Waals surface area contributed by atoms with E-state index in [1.807, 2.05) is 0 Å². The molecule has 1 rings (SSSR count). The van der Waals surface area contributed by atoms with Gasteiger partial charge in [0.2, 0.25) is 0 Å². The molecule has 1 aliphatic heterocycles. The van der Waals surface area contributed by atoms with E-state index in [1.165, 1.54) is 25.9 Å². The largest absolute Gasteiger partial charge is 0.314 e. The number of hydrogen-bond acceptors (Lipinski definition) is 2. The normalized spacial score (nSPS) is 24.6. The molecule has 2 unspecified atom stereocenters. The molecule has 2 atom stereocenters. The smallest absolute Gasteiger partial charge is 0.00791 e. The third kappa shape index (κ3) is 4.42. The van der Waals surface area contributed by atoms with Crippen LogP contribution in [0.4, 0.5) is 0 Å². The van der Waals surface area contributed by atoms with Gasteiger partial charge in [-0.3, -0.25) is 0 Å². The summed E-state index contributed by atoms with van der Waals surface area (Å²) in [6.45, 7) is 15.3. The molecular formula is C14H30N2. The van der Waals surface area contributed by atoms with Crippen molar-refractivity contribution in [3.8, 4) is 0 Å². The van der Waals surface area contributed by atoms with Gasteiger partial charge in [-0.15, -0.1) is 0 Å². The lowest BCUT2D eigenvalue weighted by molar-refractivity contribution is 0.227. The second-order valence-corrected chi connectivity index (χ2v) is 6.03. The zero-order valence-corrected chi connectivity index (χ0v) is 11.8. The van der Waals surface area contributed by atoms with Gasteiger partial charge in [-0.2, -0.15) is 0 Å². The van der Waals surface area contributed by atoms with E-state index in [9.17, 15) is 0 Å². The molecule has 0 radical (unpaired) electrons. The zero-order valence-electron chi connectivity index (χ0n) is 11.8. The average molecular weight is 226 g/mol. The van der Waals surface area contributed by atoms with E-state index in [2.05, 4.69) is 44.8 Å². The first kappa shape index (κ1) is 14.0. The van der Waals surface area contributed by atoms with Crippen LogP contribution in [-0.2, 0) is 0 Å². The number of nitrogens with zero attached hydrogens (tertiary/aromatic N) is 1. The predicted molar refractivity (Wildman–Crippen MR) is 71.7 cm³/mol. The van der Waals surface area contributed by atoms with Crippen molar-refractivity contribution in [2.24, 2.45) is 11.8 Å². The van der Waals surface area contributed by atoms with Gasteiger partial charge >= 0.3 is 0 Å². The third-order valence-corrected chi connectivity index (χ3v) is 3.94. The fraction of sp³-hybridized carbons (Fsp3) is 1.00. The summed E-state index contributed by atoms with van der Waals surface area (Å²) in [4.78, 5) is 2.67. The molecule has 1 fully saturated rings. The molecule has 0 bridgehead atoms. The fourth-order valence-electron chi connectivity index (χ4n) is 2.52. The van der Waals surface area contributed by atoms with Gasteiger partial charge in [-0.1, -0.05) is 27.7 Å². The van der Waals surface area contributed by atoms with Crippen molar-refractivity contribution in [3.63, 3.8) is 0 Å². The molecule has 0 aromatic heterocycles. The summed E-state index contributed by atoms with van der Waals surface area (Å²) in [5.41, 5.74) is 0. The zero-order chi connectivity index (χ0) is 12.1. The Morgan fingerprint density at radius 2 is 1.88 bits per heavy atom. The highest BCUT2D eigenvalue weighted by atomic mass is 15.2. The number of nitrogens with one attached hydrogen (secondary N) is 1. The summed E-state index contributed by atoms with van der Waals surface area (Å²) in [7, 11) is 0. The van der Waals surface area contributed by atoms with E-state index >= 15 is 0 Å². The molecule has 1 aliphatic rings. The minimum absolute atomic E-state index is 0.620. The van der Waals surface area contributed by atoms with E-state index < -0.39 is 0 Å². The summed E-state index contributed by atoms with van der Waals surface area (Å²) < 4.78 is 0. The molecule has 0 amide bonds. The Balaban J connectivity index is 2.20. The SMILES string of the molecule is CC(C)NCCC(C)N1CCC(C(C)C)C1. The Morgan fingerprint density at radius 3 is 2.38 bits per heavy atom. The molecule has 1 heterocycles. The van der Waals surface area contributed by atoms with Crippen LogP contribution in [0.25, 0.3) is 0 Å². The van der Waals surface area contributed by atoms with Crippen LogP contribution in [0, 0.1) is 11.8 Å². The van der Waals surface area contributed by atoms with Crippen molar-refractivity contribution in [2.45, 2.75) is 59.5 Å². The highest BCUT2D eigenvalue weighted by Crippen LogP contribution is 2.25. The van der Waals surface area contributed by atoms with Crippen molar-refractivity contribution in [1.29, 1.82) is 0 Å². The average Bonchev–Trinajstić information content (AvgIpc) is 2.65. The molecular weight excluding hydrogens is 196 g/mol. The number of rotatable bonds is 6. The molecule has 0 spiro atoms. The first-order valence-corrected chi connectivity index (χ1v) is 6.98. The number of hydrogen-bond donors (Lipinski definition) is 1. The fourth-order valence-corrected chi connectivity index (χ4v) is 2.52. The lowest BCUT2D eigenvalue weighted by Crippen LogP contribution is -2.35. The van der Waals surface area contributed by atoms with E-state index in [-0.39, 0.29) is 0 Å². The Hall–Kier alpha value is -0.0800. The van der Waals surface area contributed by atoms with Crippen LogP contribution >= 0.6 is 0 Å². The van der Waals surface area contributed by atoms with Gasteiger partial charge in [0.25, 0.3) is 0 Å². The first-order valence-electron chi connectivity index (χ1n) is 6.98. The Kier molecular flexibility index (Phi) is 5.77. The summed E-state index contributed by atoms with van der Waals surface area (Å²) >= 11 is 0. The summed E-state index contributed by atoms with van der Waals surface area (Å²) in [5.74, 6) is 1.78. The maximum Gasteiger partial charge on any atom is 0.00791 e. The van der Waals surface area contributed by atoms with Crippen LogP contribution in [-0.4, -0.2) is 36.6 Å². The van der Waals surface area contributed by atoms with Gasteiger partial charge < -0.3 is 10.2 Å². The highest BCUT2D eigenvalue weighted by molar-refractivity contribution is 4.81. The van der Waals surface area contributed by atoms with E-state index in [4.69, 9.17) is 0 Å². The van der Waals surface area contributed by atoms with Crippen LogP contribution in [0.1, 0.15) is 47.5 Å². The van der Waals surface area contributed by atoms with E-state index in [0.717, 1.165) is 24.4 Å². The molecule has 0 aromatic carbocycles. The van der Waals surface area contributed by atoms with Gasteiger partial charge in [0, 0.05) is 18.6 Å². The van der Waals surface area contributed by atoms with Crippen molar-refractivity contribution in [3.05, 3.63) is 0 Å². The van der Waals surface area contributed by atoms with E-state index in [1.54, 1.807) is 0 Å². The number of likely N-dealkylation sites (tertiary alicyclic amines) is 1. The first-order chi connectivity index (χ1) is 7.50. The molecule has 0 aromatic rings. The van der Waals surface area contributed by atoms with Gasteiger partial charge in [0.1, 0.15) is 0 Å². The molecule has 2 heteroatoms. The third-order valence-electron chi connectivity index (χ3n) is 3.94. The minimum atomic E-state index is 0.620. The molecule has 0 saturated carbocycles. The Labute approximate surface area is 102 Å². The Bertz CT molecular complexity index is 189. The molecule has 1 N–H and O–H groups in total. The predicted octanol–water partition coefficient (Wildman–Crippen LogP) is 2.74. The summed E-state index contributed by atoms with van der Waals surface area (Å²) in [6.07, 6.45) is 2.68. The van der Waals surface area contributed by atoms with Crippen molar-refractivity contribution >= 4 is 0 Å². The van der Waals surface area contributed by atoms with E-state index in [0.29, 0.717) is 6.04 Å². The minimum Gasteiger partial charge on any atom is -0.314 e. The molecule has 96 valence electrons. The van der Waals surface area contributed by atoms with Crippen LogP contribution in [0.15, 0.2) is 0 Å². The quantitative estimate of drug-likeness (QED) is 0.749. The van der Waals surface area contributed by atoms with Crippen molar-refractivity contribution in [1.82, 2.24) is 10.2 Å². The van der Waals surface area contributed by atoms with Crippen molar-refractivity contribution < 1.29 is 0 Å². The second-order valence-electron chi connectivity index (χ2n) is 6.03. The van der Waals surface area contributed by atoms with Crippen LogP contribution < -0.4 is 5.32 Å². The van der Waals surface area contributed by atoms with Gasteiger partial charge in [-0.05, 0) is 44.7 Å². The maximum atomic E-state index is 3.51. The maximum absolute atomic E-state index is 3.51. The molecule has 0 aliphatic carbocycles. The standard InChI is InChI=1S/C14H30N2/c1-11(2)14-7-9-16(10-14)13(5)6-8-15-12(3)4/h11-15H,6-10H2,1-5H3. The van der Waals surface area contributed by atoms with Gasteiger partial charge in [0.15, 0.2) is 0 Å². The lowest BCUT2D eigenvalue weighted by Gasteiger charge is -2.25. The molecule has 2 nitrogen and oxygen atoms in total. The lowest BCUT2D eigenvalue weighted by atomic mass is 9.95. The monoisotopic (exact) mass is 226 g/mol. The molecule has 16 heavy (non-hydrogen) atoms.